The predicted octanol–water partition coefficient (Wildman–Crippen LogP) is 4.52. The van der Waals surface area contributed by atoms with E-state index in [4.69, 9.17) is 9.47 Å². The van der Waals surface area contributed by atoms with E-state index in [1.54, 1.807) is 16.7 Å². The number of aromatic nitrogens is 3. The van der Waals surface area contributed by atoms with Gasteiger partial charge in [0.05, 0.1) is 19.2 Å². The highest BCUT2D eigenvalue weighted by Crippen LogP contribution is 2.28. The standard InChI is InChI=1S/C30H35N5O4/c1-6-39-24-17-13-22(14-18-24)28(29(37)31-30(2,3)4)34(19-21-11-15-23(38-5)16-12-21)27(36)20-35-26-10-8-7-9-25(26)32-33-35/h7-18,28H,6,19-20H2,1-5H3,(H,31,37)/t28-/m1/s1. The van der Waals surface area contributed by atoms with E-state index in [9.17, 15) is 9.59 Å². The monoisotopic (exact) mass is 529 g/mol. The van der Waals surface area contributed by atoms with Gasteiger partial charge in [0.25, 0.3) is 0 Å². The van der Waals surface area contributed by atoms with Crippen molar-refractivity contribution in [3.05, 3.63) is 83.9 Å². The molecule has 4 aromatic rings. The SMILES string of the molecule is CCOc1ccc([C@H](C(=O)NC(C)(C)C)N(Cc2ccc(OC)cc2)C(=O)Cn2nnc3ccccc32)cc1. The van der Waals surface area contributed by atoms with Crippen molar-refractivity contribution in [2.24, 2.45) is 0 Å². The zero-order chi connectivity index (χ0) is 28.0. The summed E-state index contributed by atoms with van der Waals surface area (Å²) in [5, 5.41) is 11.5. The first-order valence-electron chi connectivity index (χ1n) is 12.9. The lowest BCUT2D eigenvalue weighted by molar-refractivity contribution is -0.142. The summed E-state index contributed by atoms with van der Waals surface area (Å²) in [7, 11) is 1.60. The number of nitrogens with one attached hydrogen (secondary N) is 1. The van der Waals surface area contributed by atoms with Crippen LogP contribution in [0.4, 0.5) is 0 Å². The Morgan fingerprint density at radius 2 is 1.64 bits per heavy atom. The highest BCUT2D eigenvalue weighted by atomic mass is 16.5. The molecule has 1 N–H and O–H groups in total. The summed E-state index contributed by atoms with van der Waals surface area (Å²) in [5.74, 6) is 0.846. The van der Waals surface area contributed by atoms with E-state index >= 15 is 0 Å². The van der Waals surface area contributed by atoms with Crippen LogP contribution in [-0.2, 0) is 22.7 Å². The molecule has 0 radical (unpaired) electrons. The molecule has 0 aliphatic carbocycles. The molecule has 1 atom stereocenters. The molecule has 0 spiro atoms. The van der Waals surface area contributed by atoms with Gasteiger partial charge < -0.3 is 19.7 Å². The fraction of sp³-hybridized carbons (Fsp3) is 0.333. The molecule has 0 unspecified atom stereocenters. The molecule has 1 heterocycles. The number of hydrogen-bond donors (Lipinski definition) is 1. The largest absolute Gasteiger partial charge is 0.497 e. The molecule has 3 aromatic carbocycles. The van der Waals surface area contributed by atoms with Crippen molar-refractivity contribution in [2.45, 2.75) is 52.4 Å². The van der Waals surface area contributed by atoms with Crippen molar-refractivity contribution < 1.29 is 19.1 Å². The summed E-state index contributed by atoms with van der Waals surface area (Å²) in [5.41, 5.74) is 2.46. The van der Waals surface area contributed by atoms with Crippen LogP contribution in [0.1, 0.15) is 44.9 Å². The number of carbonyl (C=O) groups excluding carboxylic acids is 2. The maximum atomic E-state index is 14.0. The zero-order valence-electron chi connectivity index (χ0n) is 23.0. The van der Waals surface area contributed by atoms with Crippen molar-refractivity contribution in [1.82, 2.24) is 25.2 Å². The Labute approximate surface area is 228 Å². The van der Waals surface area contributed by atoms with Gasteiger partial charge in [0, 0.05) is 12.1 Å². The molecule has 1 aromatic heterocycles. The van der Waals surface area contributed by atoms with Gasteiger partial charge in [0.1, 0.15) is 29.6 Å². The van der Waals surface area contributed by atoms with Gasteiger partial charge in [-0.25, -0.2) is 4.68 Å². The van der Waals surface area contributed by atoms with E-state index in [0.717, 1.165) is 11.1 Å². The molecule has 0 aliphatic rings. The molecule has 0 fully saturated rings. The van der Waals surface area contributed by atoms with Gasteiger partial charge in [-0.1, -0.05) is 41.6 Å². The predicted molar refractivity (Wildman–Crippen MR) is 149 cm³/mol. The molecule has 9 heteroatoms. The summed E-state index contributed by atoms with van der Waals surface area (Å²) in [6.07, 6.45) is 0. The van der Waals surface area contributed by atoms with Gasteiger partial charge in [-0.3, -0.25) is 9.59 Å². The Bertz CT molecular complexity index is 1410. The third-order valence-corrected chi connectivity index (χ3v) is 6.10. The second-order valence-electron chi connectivity index (χ2n) is 10.2. The number of para-hydroxylation sites is 1. The number of amides is 2. The van der Waals surface area contributed by atoms with E-state index in [-0.39, 0.29) is 24.9 Å². The topological polar surface area (TPSA) is 98.6 Å². The van der Waals surface area contributed by atoms with Crippen molar-refractivity contribution in [3.63, 3.8) is 0 Å². The van der Waals surface area contributed by atoms with Gasteiger partial charge in [0.15, 0.2) is 0 Å². The molecule has 0 bridgehead atoms. The quantitative estimate of drug-likeness (QED) is 0.324. The van der Waals surface area contributed by atoms with Crippen molar-refractivity contribution >= 4 is 22.8 Å². The maximum Gasteiger partial charge on any atom is 0.247 e. The number of methoxy groups -OCH3 is 1. The molecule has 0 saturated carbocycles. The van der Waals surface area contributed by atoms with Crippen molar-refractivity contribution in [3.8, 4) is 11.5 Å². The minimum atomic E-state index is -0.899. The summed E-state index contributed by atoms with van der Waals surface area (Å²) in [6, 6.07) is 21.3. The van der Waals surface area contributed by atoms with Gasteiger partial charge in [-0.05, 0) is 75.2 Å². The van der Waals surface area contributed by atoms with Crippen LogP contribution in [0, 0.1) is 0 Å². The number of carbonyl (C=O) groups is 2. The summed E-state index contributed by atoms with van der Waals surface area (Å²) >= 11 is 0. The van der Waals surface area contributed by atoms with E-state index < -0.39 is 11.6 Å². The average molecular weight is 530 g/mol. The Morgan fingerprint density at radius 1 is 0.974 bits per heavy atom. The van der Waals surface area contributed by atoms with Crippen LogP contribution in [-0.4, -0.2) is 51.0 Å². The van der Waals surface area contributed by atoms with Crippen LogP contribution in [0.3, 0.4) is 0 Å². The third kappa shape index (κ3) is 6.93. The van der Waals surface area contributed by atoms with Crippen LogP contribution in [0.15, 0.2) is 72.8 Å². The zero-order valence-corrected chi connectivity index (χ0v) is 23.0. The molecule has 39 heavy (non-hydrogen) atoms. The van der Waals surface area contributed by atoms with E-state index in [1.165, 1.54) is 0 Å². The van der Waals surface area contributed by atoms with Crippen molar-refractivity contribution in [2.75, 3.05) is 13.7 Å². The van der Waals surface area contributed by atoms with Crippen LogP contribution in [0.5, 0.6) is 11.5 Å². The fourth-order valence-electron chi connectivity index (χ4n) is 4.33. The second-order valence-corrected chi connectivity index (χ2v) is 10.2. The smallest absolute Gasteiger partial charge is 0.247 e. The molecule has 0 saturated heterocycles. The number of rotatable bonds is 10. The third-order valence-electron chi connectivity index (χ3n) is 6.10. The first-order chi connectivity index (χ1) is 18.7. The van der Waals surface area contributed by atoms with Crippen LogP contribution < -0.4 is 14.8 Å². The first kappa shape index (κ1) is 27.6. The first-order valence-corrected chi connectivity index (χ1v) is 12.9. The van der Waals surface area contributed by atoms with E-state index in [1.807, 2.05) is 100 Å². The number of ether oxygens (including phenoxy) is 2. The van der Waals surface area contributed by atoms with E-state index in [2.05, 4.69) is 15.6 Å². The van der Waals surface area contributed by atoms with E-state index in [0.29, 0.717) is 29.2 Å². The molecule has 204 valence electrons. The lowest BCUT2D eigenvalue weighted by Crippen LogP contribution is -2.49. The normalized spacial score (nSPS) is 12.1. The number of benzene rings is 3. The van der Waals surface area contributed by atoms with Gasteiger partial charge in [0.2, 0.25) is 11.8 Å². The second kappa shape index (κ2) is 12.0. The number of fused-ring (bicyclic) bond motifs is 1. The molecule has 0 aliphatic heterocycles. The van der Waals surface area contributed by atoms with Gasteiger partial charge >= 0.3 is 0 Å². The molecular formula is C30H35N5O4. The van der Waals surface area contributed by atoms with Crippen LogP contribution >= 0.6 is 0 Å². The maximum absolute atomic E-state index is 14.0. The summed E-state index contributed by atoms with van der Waals surface area (Å²) < 4.78 is 12.5. The molecular weight excluding hydrogens is 494 g/mol. The number of nitrogens with zero attached hydrogens (tertiary/aromatic N) is 4. The van der Waals surface area contributed by atoms with Crippen molar-refractivity contribution in [1.29, 1.82) is 0 Å². The minimum absolute atomic E-state index is 0.0764. The summed E-state index contributed by atoms with van der Waals surface area (Å²) in [6.45, 7) is 8.31. The Hall–Kier alpha value is -4.40. The minimum Gasteiger partial charge on any atom is -0.497 e. The Balaban J connectivity index is 1.76. The molecule has 2 amide bonds. The number of hydrogen-bond acceptors (Lipinski definition) is 6. The average Bonchev–Trinajstić information content (AvgIpc) is 3.31. The molecule has 4 rings (SSSR count). The Morgan fingerprint density at radius 3 is 2.28 bits per heavy atom. The van der Waals surface area contributed by atoms with Gasteiger partial charge in [-0.15, -0.1) is 5.10 Å². The highest BCUT2D eigenvalue weighted by Gasteiger charge is 2.34. The van der Waals surface area contributed by atoms with Crippen LogP contribution in [0.2, 0.25) is 0 Å². The highest BCUT2D eigenvalue weighted by molar-refractivity contribution is 5.89. The Kier molecular flexibility index (Phi) is 8.49. The van der Waals surface area contributed by atoms with Gasteiger partial charge in [-0.2, -0.15) is 0 Å². The lowest BCUT2D eigenvalue weighted by atomic mass is 10.0. The fourth-order valence-corrected chi connectivity index (χ4v) is 4.33. The van der Waals surface area contributed by atoms with Crippen LogP contribution in [0.25, 0.3) is 11.0 Å². The molecule has 9 nitrogen and oxygen atoms in total. The lowest BCUT2D eigenvalue weighted by Gasteiger charge is -2.34. The summed E-state index contributed by atoms with van der Waals surface area (Å²) in [4.78, 5) is 29.5.